The first kappa shape index (κ1) is 19.8. The van der Waals surface area contributed by atoms with E-state index in [1.807, 2.05) is 0 Å². The minimum absolute atomic E-state index is 0. The van der Waals surface area contributed by atoms with Crippen molar-refractivity contribution in [2.45, 2.75) is 29.7 Å². The molecule has 0 bridgehead atoms. The Morgan fingerprint density at radius 1 is 1.32 bits per heavy atom. The van der Waals surface area contributed by atoms with Gasteiger partial charge in [0.2, 0.25) is 10.0 Å². The fourth-order valence-corrected chi connectivity index (χ4v) is 3.48. The molecule has 1 saturated carbocycles. The maximum absolute atomic E-state index is 12.1. The molecular formula is C15H21ClN4O4S. The average Bonchev–Trinajstić information content (AvgIpc) is 3.03. The molecule has 3 N–H and O–H groups in total. The number of hydrogen-bond acceptors (Lipinski definition) is 7. The van der Waals surface area contributed by atoms with Crippen molar-refractivity contribution in [3.05, 3.63) is 30.1 Å². The highest BCUT2D eigenvalue weighted by Gasteiger charge is 2.39. The van der Waals surface area contributed by atoms with Gasteiger partial charge in [0.15, 0.2) is 5.82 Å². The molecule has 8 nitrogen and oxygen atoms in total. The molecule has 0 radical (unpaired) electrons. The molecule has 1 heterocycles. The lowest BCUT2D eigenvalue weighted by molar-refractivity contribution is 0.204. The number of nitrogens with one attached hydrogen (secondary N) is 1. The Hall–Kier alpha value is -1.52. The number of methoxy groups -OCH3 is 1. The molecule has 0 atom stereocenters. The summed E-state index contributed by atoms with van der Waals surface area (Å²) in [5.74, 6) is 0.833. The lowest BCUT2D eigenvalue weighted by Gasteiger charge is -2.34. The van der Waals surface area contributed by atoms with Gasteiger partial charge in [0.05, 0.1) is 17.0 Å². The Bertz CT molecular complexity index is 803. The van der Waals surface area contributed by atoms with Crippen LogP contribution in [0.5, 0.6) is 0 Å². The smallest absolute Gasteiger partial charge is 0.257 e. The molecule has 10 heteroatoms. The van der Waals surface area contributed by atoms with Crippen molar-refractivity contribution in [1.82, 2.24) is 14.9 Å². The van der Waals surface area contributed by atoms with Crippen molar-refractivity contribution in [2.24, 2.45) is 5.73 Å². The first-order valence-corrected chi connectivity index (χ1v) is 9.15. The zero-order valence-corrected chi connectivity index (χ0v) is 15.4. The summed E-state index contributed by atoms with van der Waals surface area (Å²) in [5, 5.41) is 3.95. The summed E-state index contributed by atoms with van der Waals surface area (Å²) in [6.07, 6.45) is 2.75. The molecule has 0 aliphatic heterocycles. The van der Waals surface area contributed by atoms with E-state index < -0.39 is 15.6 Å². The molecule has 2 aromatic rings. The van der Waals surface area contributed by atoms with E-state index in [0.29, 0.717) is 23.9 Å². The molecule has 1 aliphatic carbocycles. The fraction of sp³-hybridized carbons (Fsp3) is 0.467. The molecule has 0 spiro atoms. The number of ether oxygens (including phenoxy) is 1. The summed E-state index contributed by atoms with van der Waals surface area (Å²) in [4.78, 5) is 4.51. The van der Waals surface area contributed by atoms with Crippen LogP contribution in [0.2, 0.25) is 0 Å². The maximum Gasteiger partial charge on any atom is 0.257 e. The molecular weight excluding hydrogens is 368 g/mol. The van der Waals surface area contributed by atoms with Gasteiger partial charge in [-0.25, -0.2) is 13.1 Å². The van der Waals surface area contributed by atoms with Crippen molar-refractivity contribution in [1.29, 1.82) is 0 Å². The van der Waals surface area contributed by atoms with E-state index in [1.165, 1.54) is 19.2 Å². The van der Waals surface area contributed by atoms with Gasteiger partial charge in [0.25, 0.3) is 5.89 Å². The molecule has 0 unspecified atom stereocenters. The van der Waals surface area contributed by atoms with Crippen LogP contribution in [0, 0.1) is 0 Å². The first-order chi connectivity index (χ1) is 11.4. The molecule has 1 aromatic heterocycles. The standard InChI is InChI=1S/C15H20N4O4S.ClH/c1-22-10-9-17-24(20,21)12-5-3-11(4-6-12)13-18-14(19-23-13)15(16)7-2-8-15;/h3-6,17H,2,7-10,16H2,1H3;1H. The number of nitrogens with two attached hydrogens (primary N) is 1. The van der Waals surface area contributed by atoms with Crippen LogP contribution >= 0.6 is 12.4 Å². The van der Waals surface area contributed by atoms with Crippen LogP contribution in [-0.4, -0.2) is 38.8 Å². The average molecular weight is 389 g/mol. The number of nitrogens with zero attached hydrogens (tertiary/aromatic N) is 2. The Morgan fingerprint density at radius 3 is 2.56 bits per heavy atom. The van der Waals surface area contributed by atoms with Crippen molar-refractivity contribution < 1.29 is 17.7 Å². The van der Waals surface area contributed by atoms with Crippen molar-refractivity contribution in [2.75, 3.05) is 20.3 Å². The second kappa shape index (κ2) is 7.79. The Morgan fingerprint density at radius 2 is 2.00 bits per heavy atom. The van der Waals surface area contributed by atoms with Crippen LogP contribution in [0.15, 0.2) is 33.7 Å². The second-order valence-electron chi connectivity index (χ2n) is 5.85. The van der Waals surface area contributed by atoms with E-state index in [2.05, 4.69) is 14.9 Å². The van der Waals surface area contributed by atoms with E-state index >= 15 is 0 Å². The number of sulfonamides is 1. The number of benzene rings is 1. The van der Waals surface area contributed by atoms with Gasteiger partial charge < -0.3 is 15.0 Å². The fourth-order valence-electron chi connectivity index (χ4n) is 2.46. The van der Waals surface area contributed by atoms with Gasteiger partial charge in [0, 0.05) is 19.2 Å². The number of halogens is 1. The predicted molar refractivity (Wildman–Crippen MR) is 93.8 cm³/mol. The number of hydrogen-bond donors (Lipinski definition) is 2. The van der Waals surface area contributed by atoms with Crippen LogP contribution in [0.4, 0.5) is 0 Å². The normalized spacial score (nSPS) is 16.1. The maximum atomic E-state index is 12.1. The highest BCUT2D eigenvalue weighted by Crippen LogP contribution is 2.37. The molecule has 138 valence electrons. The van der Waals surface area contributed by atoms with Crippen LogP contribution in [0.3, 0.4) is 0 Å². The van der Waals surface area contributed by atoms with Gasteiger partial charge in [-0.2, -0.15) is 4.98 Å². The zero-order chi connectivity index (χ0) is 17.2. The lowest BCUT2D eigenvalue weighted by Crippen LogP contribution is -2.44. The monoisotopic (exact) mass is 388 g/mol. The van der Waals surface area contributed by atoms with E-state index in [1.54, 1.807) is 12.1 Å². The van der Waals surface area contributed by atoms with Gasteiger partial charge in [-0.05, 0) is 43.5 Å². The van der Waals surface area contributed by atoms with Crippen molar-refractivity contribution >= 4 is 22.4 Å². The minimum Gasteiger partial charge on any atom is -0.383 e. The van der Waals surface area contributed by atoms with E-state index in [4.69, 9.17) is 15.0 Å². The molecule has 1 aliphatic rings. The summed E-state index contributed by atoms with van der Waals surface area (Å²) in [6.45, 7) is 0.523. The largest absolute Gasteiger partial charge is 0.383 e. The second-order valence-corrected chi connectivity index (χ2v) is 7.61. The topological polar surface area (TPSA) is 120 Å². The lowest BCUT2D eigenvalue weighted by atomic mass is 9.77. The summed E-state index contributed by atoms with van der Waals surface area (Å²) in [5.41, 5.74) is 6.33. The molecule has 1 aromatic carbocycles. The third-order valence-electron chi connectivity index (χ3n) is 4.13. The Labute approximate surface area is 152 Å². The summed E-state index contributed by atoms with van der Waals surface area (Å²) in [7, 11) is -2.05. The quantitative estimate of drug-likeness (QED) is 0.688. The minimum atomic E-state index is -3.56. The van der Waals surface area contributed by atoms with Gasteiger partial charge in [0.1, 0.15) is 0 Å². The van der Waals surface area contributed by atoms with Crippen LogP contribution in [0.1, 0.15) is 25.1 Å². The zero-order valence-electron chi connectivity index (χ0n) is 13.8. The van der Waals surface area contributed by atoms with Gasteiger partial charge in [-0.1, -0.05) is 5.16 Å². The van der Waals surface area contributed by atoms with Crippen LogP contribution < -0.4 is 10.5 Å². The van der Waals surface area contributed by atoms with E-state index in [9.17, 15) is 8.42 Å². The third-order valence-corrected chi connectivity index (χ3v) is 5.60. The first-order valence-electron chi connectivity index (χ1n) is 7.67. The predicted octanol–water partition coefficient (Wildman–Crippen LogP) is 1.42. The third kappa shape index (κ3) is 4.18. The Kier molecular flexibility index (Phi) is 6.17. The molecule has 25 heavy (non-hydrogen) atoms. The van der Waals surface area contributed by atoms with E-state index in [-0.39, 0.29) is 23.8 Å². The van der Waals surface area contributed by atoms with Crippen LogP contribution in [-0.2, 0) is 20.3 Å². The summed E-state index contributed by atoms with van der Waals surface area (Å²) >= 11 is 0. The molecule has 1 fully saturated rings. The molecule has 0 saturated heterocycles. The summed E-state index contributed by atoms with van der Waals surface area (Å²) < 4.78 is 36.7. The number of aromatic nitrogens is 2. The van der Waals surface area contributed by atoms with Crippen LogP contribution in [0.25, 0.3) is 11.5 Å². The highest BCUT2D eigenvalue weighted by molar-refractivity contribution is 7.89. The molecule has 0 amide bonds. The molecule has 3 rings (SSSR count). The highest BCUT2D eigenvalue weighted by atomic mass is 35.5. The SMILES string of the molecule is COCCNS(=O)(=O)c1ccc(-c2nc(C3(N)CCC3)no2)cc1.Cl. The summed E-state index contributed by atoms with van der Waals surface area (Å²) in [6, 6.07) is 6.25. The Balaban J connectivity index is 0.00000225. The van der Waals surface area contributed by atoms with Gasteiger partial charge in [-0.15, -0.1) is 12.4 Å². The van der Waals surface area contributed by atoms with Gasteiger partial charge in [-0.3, -0.25) is 0 Å². The van der Waals surface area contributed by atoms with Crippen molar-refractivity contribution in [3.8, 4) is 11.5 Å². The van der Waals surface area contributed by atoms with Crippen molar-refractivity contribution in [3.63, 3.8) is 0 Å². The van der Waals surface area contributed by atoms with Gasteiger partial charge >= 0.3 is 0 Å². The van der Waals surface area contributed by atoms with E-state index in [0.717, 1.165) is 19.3 Å². The number of rotatable bonds is 7.